The van der Waals surface area contributed by atoms with Gasteiger partial charge in [0.05, 0.1) is 0 Å². The topological polar surface area (TPSA) is 41.1 Å². The maximum atomic E-state index is 11.0. The van der Waals surface area contributed by atoms with E-state index in [0.29, 0.717) is 6.54 Å². The molecular formula is C9H20N2O. The molecule has 0 saturated carbocycles. The molecule has 0 aliphatic heterocycles. The second-order valence-electron chi connectivity index (χ2n) is 3.05. The number of carbonyl (C=O) groups excluding carboxylic acids is 1. The molecule has 3 heteroatoms. The van der Waals surface area contributed by atoms with Crippen molar-refractivity contribution in [3.63, 3.8) is 0 Å². The molecule has 1 unspecified atom stereocenters. The predicted octanol–water partition coefficient (Wildman–Crippen LogP) is 1.88. The van der Waals surface area contributed by atoms with Crippen LogP contribution in [0.2, 0.25) is 0 Å². The van der Waals surface area contributed by atoms with E-state index in [-0.39, 0.29) is 12.1 Å². The highest BCUT2D eigenvalue weighted by atomic mass is 16.2. The van der Waals surface area contributed by atoms with Crippen LogP contribution in [0, 0.1) is 0 Å². The van der Waals surface area contributed by atoms with Crippen molar-refractivity contribution in [1.29, 1.82) is 0 Å². The van der Waals surface area contributed by atoms with Crippen LogP contribution in [0.1, 0.15) is 40.0 Å². The van der Waals surface area contributed by atoms with E-state index in [1.807, 2.05) is 13.8 Å². The van der Waals surface area contributed by atoms with Crippen LogP contribution in [0.3, 0.4) is 0 Å². The Morgan fingerprint density at radius 1 is 1.42 bits per heavy atom. The van der Waals surface area contributed by atoms with Gasteiger partial charge in [-0.2, -0.15) is 0 Å². The van der Waals surface area contributed by atoms with Crippen LogP contribution in [0.25, 0.3) is 0 Å². The van der Waals surface area contributed by atoms with Gasteiger partial charge in [-0.1, -0.05) is 19.8 Å². The van der Waals surface area contributed by atoms with E-state index in [0.717, 1.165) is 6.42 Å². The van der Waals surface area contributed by atoms with Crippen LogP contribution in [0.4, 0.5) is 4.79 Å². The summed E-state index contributed by atoms with van der Waals surface area (Å²) >= 11 is 0. The van der Waals surface area contributed by atoms with Crippen molar-refractivity contribution in [1.82, 2.24) is 10.6 Å². The van der Waals surface area contributed by atoms with Gasteiger partial charge in [-0.05, 0) is 20.3 Å². The second-order valence-corrected chi connectivity index (χ2v) is 3.05. The number of hydrogen-bond donors (Lipinski definition) is 2. The van der Waals surface area contributed by atoms with Gasteiger partial charge in [-0.3, -0.25) is 0 Å². The summed E-state index contributed by atoms with van der Waals surface area (Å²) < 4.78 is 0. The Morgan fingerprint density at radius 2 is 2.08 bits per heavy atom. The van der Waals surface area contributed by atoms with Gasteiger partial charge in [-0.25, -0.2) is 4.79 Å². The summed E-state index contributed by atoms with van der Waals surface area (Å²) in [6, 6.07) is 0.234. The molecule has 0 saturated heterocycles. The minimum absolute atomic E-state index is 0.0545. The third-order valence-corrected chi connectivity index (χ3v) is 1.71. The standard InChI is InChI=1S/C9H20N2O/c1-4-6-7-8(3)11-9(12)10-5-2/h8H,4-7H2,1-3H3,(H2,10,11,12). The van der Waals surface area contributed by atoms with Crippen molar-refractivity contribution in [3.05, 3.63) is 0 Å². The number of rotatable bonds is 5. The Balaban J connectivity index is 3.40. The van der Waals surface area contributed by atoms with E-state index < -0.39 is 0 Å². The van der Waals surface area contributed by atoms with Crippen LogP contribution < -0.4 is 10.6 Å². The average Bonchev–Trinajstić information content (AvgIpc) is 2.01. The van der Waals surface area contributed by atoms with Gasteiger partial charge >= 0.3 is 6.03 Å². The average molecular weight is 172 g/mol. The number of carbonyl (C=O) groups is 1. The summed E-state index contributed by atoms with van der Waals surface area (Å²) in [7, 11) is 0. The van der Waals surface area contributed by atoms with Gasteiger partial charge in [-0.15, -0.1) is 0 Å². The molecule has 0 bridgehead atoms. The molecule has 0 aliphatic carbocycles. The Bertz CT molecular complexity index is 126. The fourth-order valence-corrected chi connectivity index (χ4v) is 1.02. The third-order valence-electron chi connectivity index (χ3n) is 1.71. The first-order chi connectivity index (χ1) is 5.70. The third kappa shape index (κ3) is 6.01. The molecule has 0 radical (unpaired) electrons. The van der Waals surface area contributed by atoms with Crippen molar-refractivity contribution in [2.24, 2.45) is 0 Å². The molecule has 3 nitrogen and oxygen atoms in total. The monoisotopic (exact) mass is 172 g/mol. The summed E-state index contributed by atoms with van der Waals surface area (Å²) in [6.07, 6.45) is 3.42. The fraction of sp³-hybridized carbons (Fsp3) is 0.889. The zero-order valence-electron chi connectivity index (χ0n) is 8.31. The van der Waals surface area contributed by atoms with Crippen molar-refractivity contribution >= 4 is 6.03 Å². The summed E-state index contributed by atoms with van der Waals surface area (Å²) in [5, 5.41) is 5.57. The predicted molar refractivity (Wildman–Crippen MR) is 51.2 cm³/mol. The van der Waals surface area contributed by atoms with Gasteiger partial charge in [0.2, 0.25) is 0 Å². The molecule has 72 valence electrons. The van der Waals surface area contributed by atoms with Gasteiger partial charge in [0.15, 0.2) is 0 Å². The van der Waals surface area contributed by atoms with Crippen LogP contribution in [-0.2, 0) is 0 Å². The van der Waals surface area contributed by atoms with E-state index >= 15 is 0 Å². The quantitative estimate of drug-likeness (QED) is 0.653. The SMILES string of the molecule is CCCCC(C)NC(=O)NCC. The molecule has 2 amide bonds. The highest BCUT2D eigenvalue weighted by Crippen LogP contribution is 1.98. The Morgan fingerprint density at radius 3 is 2.58 bits per heavy atom. The highest BCUT2D eigenvalue weighted by molar-refractivity contribution is 5.73. The molecular weight excluding hydrogens is 152 g/mol. The first-order valence-corrected chi connectivity index (χ1v) is 4.75. The number of amides is 2. The molecule has 0 fully saturated rings. The molecule has 12 heavy (non-hydrogen) atoms. The van der Waals surface area contributed by atoms with E-state index in [9.17, 15) is 4.79 Å². The summed E-state index contributed by atoms with van der Waals surface area (Å²) in [4.78, 5) is 11.0. The largest absolute Gasteiger partial charge is 0.338 e. The number of urea groups is 1. The van der Waals surface area contributed by atoms with Crippen LogP contribution in [-0.4, -0.2) is 18.6 Å². The molecule has 0 heterocycles. The maximum Gasteiger partial charge on any atom is 0.314 e. The normalized spacial score (nSPS) is 12.2. The number of unbranched alkanes of at least 4 members (excludes halogenated alkanes) is 1. The summed E-state index contributed by atoms with van der Waals surface area (Å²) in [6.45, 7) is 6.78. The zero-order valence-corrected chi connectivity index (χ0v) is 8.31. The minimum atomic E-state index is -0.0545. The molecule has 0 aromatic heterocycles. The summed E-state index contributed by atoms with van der Waals surface area (Å²) in [5.74, 6) is 0. The first-order valence-electron chi connectivity index (χ1n) is 4.75. The lowest BCUT2D eigenvalue weighted by Crippen LogP contribution is -2.40. The lowest BCUT2D eigenvalue weighted by Gasteiger charge is -2.13. The van der Waals surface area contributed by atoms with Crippen molar-refractivity contribution < 1.29 is 4.79 Å². The molecule has 0 spiro atoms. The van der Waals surface area contributed by atoms with Crippen molar-refractivity contribution in [3.8, 4) is 0 Å². The molecule has 0 aliphatic rings. The highest BCUT2D eigenvalue weighted by Gasteiger charge is 2.03. The van der Waals surface area contributed by atoms with Gasteiger partial charge in [0.25, 0.3) is 0 Å². The van der Waals surface area contributed by atoms with E-state index in [4.69, 9.17) is 0 Å². The Hall–Kier alpha value is -0.730. The second kappa shape index (κ2) is 6.95. The lowest BCUT2D eigenvalue weighted by molar-refractivity contribution is 0.237. The van der Waals surface area contributed by atoms with E-state index in [1.54, 1.807) is 0 Å². The maximum absolute atomic E-state index is 11.0. The van der Waals surface area contributed by atoms with E-state index in [1.165, 1.54) is 12.8 Å². The fourth-order valence-electron chi connectivity index (χ4n) is 1.02. The van der Waals surface area contributed by atoms with Crippen molar-refractivity contribution in [2.45, 2.75) is 46.1 Å². The van der Waals surface area contributed by atoms with Gasteiger partial charge < -0.3 is 10.6 Å². The van der Waals surface area contributed by atoms with Crippen LogP contribution >= 0.6 is 0 Å². The lowest BCUT2D eigenvalue weighted by atomic mass is 10.1. The Kier molecular flexibility index (Phi) is 6.53. The molecule has 2 N–H and O–H groups in total. The van der Waals surface area contributed by atoms with Crippen molar-refractivity contribution in [2.75, 3.05) is 6.54 Å². The molecule has 0 rings (SSSR count). The molecule has 1 atom stereocenters. The minimum Gasteiger partial charge on any atom is -0.338 e. The summed E-state index contributed by atoms with van der Waals surface area (Å²) in [5.41, 5.74) is 0. The van der Waals surface area contributed by atoms with E-state index in [2.05, 4.69) is 17.6 Å². The zero-order chi connectivity index (χ0) is 9.40. The molecule has 0 aromatic rings. The number of nitrogens with one attached hydrogen (secondary N) is 2. The van der Waals surface area contributed by atoms with Gasteiger partial charge in [0, 0.05) is 12.6 Å². The number of hydrogen-bond acceptors (Lipinski definition) is 1. The Labute approximate surface area is 74.9 Å². The first kappa shape index (κ1) is 11.3. The molecule has 0 aromatic carbocycles. The van der Waals surface area contributed by atoms with Gasteiger partial charge in [0.1, 0.15) is 0 Å². The smallest absolute Gasteiger partial charge is 0.314 e. The van der Waals surface area contributed by atoms with Crippen LogP contribution in [0.15, 0.2) is 0 Å². The van der Waals surface area contributed by atoms with Crippen LogP contribution in [0.5, 0.6) is 0 Å².